The van der Waals surface area contributed by atoms with Crippen LogP contribution in [-0.4, -0.2) is 37.6 Å². The fourth-order valence-corrected chi connectivity index (χ4v) is 5.08. The Balaban J connectivity index is 1.46. The first-order valence-electron chi connectivity index (χ1n) is 9.54. The van der Waals surface area contributed by atoms with Crippen LogP contribution in [0.1, 0.15) is 25.7 Å². The van der Waals surface area contributed by atoms with Crippen LogP contribution in [0.25, 0.3) is 10.8 Å². The van der Waals surface area contributed by atoms with Crippen LogP contribution in [0.2, 0.25) is 0 Å². The van der Waals surface area contributed by atoms with Crippen molar-refractivity contribution in [2.75, 3.05) is 13.1 Å². The number of sulfonamides is 1. The summed E-state index contributed by atoms with van der Waals surface area (Å²) >= 11 is 0. The van der Waals surface area contributed by atoms with Crippen molar-refractivity contribution in [1.82, 2.24) is 15.2 Å². The third-order valence-corrected chi connectivity index (χ3v) is 7.23. The topological polar surface area (TPSA) is 95.6 Å². The number of carbonyl (C=O) groups excluding carboxylic acids is 2. The highest BCUT2D eigenvalue weighted by Gasteiger charge is 2.34. The van der Waals surface area contributed by atoms with Crippen molar-refractivity contribution in [3.8, 4) is 0 Å². The van der Waals surface area contributed by atoms with Gasteiger partial charge < -0.3 is 0 Å². The van der Waals surface area contributed by atoms with E-state index in [-0.39, 0.29) is 29.2 Å². The minimum absolute atomic E-state index is 0.00330. The van der Waals surface area contributed by atoms with Crippen molar-refractivity contribution in [2.45, 2.75) is 30.6 Å². The highest BCUT2D eigenvalue weighted by molar-refractivity contribution is 7.89. The Kier molecular flexibility index (Phi) is 5.07. The van der Waals surface area contributed by atoms with E-state index in [0.717, 1.165) is 23.6 Å². The van der Waals surface area contributed by atoms with Gasteiger partial charge in [0.15, 0.2) is 0 Å². The van der Waals surface area contributed by atoms with Gasteiger partial charge >= 0.3 is 0 Å². The van der Waals surface area contributed by atoms with E-state index >= 15 is 0 Å². The van der Waals surface area contributed by atoms with Gasteiger partial charge in [0.25, 0.3) is 0 Å². The summed E-state index contributed by atoms with van der Waals surface area (Å²) in [5.74, 6) is -1.00. The summed E-state index contributed by atoms with van der Waals surface area (Å²) in [6, 6.07) is 12.7. The van der Waals surface area contributed by atoms with Crippen LogP contribution in [0.4, 0.5) is 0 Å². The molecule has 7 nitrogen and oxygen atoms in total. The molecule has 1 saturated carbocycles. The molecule has 1 aliphatic carbocycles. The van der Waals surface area contributed by atoms with E-state index in [9.17, 15) is 18.0 Å². The average Bonchev–Trinajstić information content (AvgIpc) is 3.57. The number of nitrogens with one attached hydrogen (secondary N) is 2. The average molecular weight is 401 g/mol. The van der Waals surface area contributed by atoms with E-state index in [2.05, 4.69) is 10.9 Å². The zero-order chi connectivity index (χ0) is 19.7. The standard InChI is InChI=1S/C20H23N3O4S/c24-19(15-7-8-15)21-22-20(25)17-6-3-11-23(13-17)28(26,27)18-10-9-14-4-1-2-5-16(14)12-18/h1-2,4-5,9-10,12,15,17H,3,6-8,11,13H2,(H,21,24)(H,22,25)/t17-/m0/s1. The number of carbonyl (C=O) groups is 2. The molecule has 8 heteroatoms. The molecule has 2 N–H and O–H groups in total. The van der Waals surface area contributed by atoms with E-state index in [4.69, 9.17) is 0 Å². The van der Waals surface area contributed by atoms with Gasteiger partial charge in [0.1, 0.15) is 0 Å². The number of amides is 2. The lowest BCUT2D eigenvalue weighted by atomic mass is 9.99. The van der Waals surface area contributed by atoms with Gasteiger partial charge in [-0.3, -0.25) is 20.4 Å². The van der Waals surface area contributed by atoms with Crippen molar-refractivity contribution < 1.29 is 18.0 Å². The van der Waals surface area contributed by atoms with Crippen LogP contribution in [0.5, 0.6) is 0 Å². The predicted octanol–water partition coefficient (Wildman–Crippen LogP) is 1.80. The number of benzene rings is 2. The third kappa shape index (κ3) is 3.88. The summed E-state index contributed by atoms with van der Waals surface area (Å²) in [6.07, 6.45) is 2.89. The molecule has 1 aliphatic heterocycles. The molecule has 4 rings (SSSR count). The molecule has 2 aromatic rings. The van der Waals surface area contributed by atoms with E-state index in [1.807, 2.05) is 24.3 Å². The quantitative estimate of drug-likeness (QED) is 0.764. The molecule has 1 atom stereocenters. The number of rotatable bonds is 4. The van der Waals surface area contributed by atoms with E-state index < -0.39 is 15.9 Å². The van der Waals surface area contributed by atoms with Gasteiger partial charge in [-0.05, 0) is 48.6 Å². The Labute approximate surface area is 164 Å². The molecule has 2 aliphatic rings. The van der Waals surface area contributed by atoms with Crippen molar-refractivity contribution in [3.63, 3.8) is 0 Å². The Bertz CT molecular complexity index is 1020. The second kappa shape index (κ2) is 7.52. The molecular weight excluding hydrogens is 378 g/mol. The van der Waals surface area contributed by atoms with E-state index in [1.165, 1.54) is 4.31 Å². The van der Waals surface area contributed by atoms with Gasteiger partial charge in [0, 0.05) is 19.0 Å². The molecule has 0 radical (unpaired) electrons. The summed E-state index contributed by atoms with van der Waals surface area (Å²) in [6.45, 7) is 0.494. The highest BCUT2D eigenvalue weighted by Crippen LogP contribution is 2.29. The summed E-state index contributed by atoms with van der Waals surface area (Å²) in [5.41, 5.74) is 4.89. The summed E-state index contributed by atoms with van der Waals surface area (Å²) in [7, 11) is -3.69. The minimum atomic E-state index is -3.69. The van der Waals surface area contributed by atoms with Crippen LogP contribution in [0.3, 0.4) is 0 Å². The lowest BCUT2D eigenvalue weighted by molar-refractivity contribution is -0.132. The van der Waals surface area contributed by atoms with Crippen LogP contribution in [0.15, 0.2) is 47.4 Å². The molecule has 1 saturated heterocycles. The second-order valence-electron chi connectivity index (χ2n) is 7.46. The molecule has 28 heavy (non-hydrogen) atoms. The van der Waals surface area contributed by atoms with Crippen molar-refractivity contribution in [2.24, 2.45) is 11.8 Å². The smallest absolute Gasteiger partial charge is 0.243 e. The fraction of sp³-hybridized carbons (Fsp3) is 0.400. The lowest BCUT2D eigenvalue weighted by Gasteiger charge is -2.31. The molecule has 0 aromatic heterocycles. The van der Waals surface area contributed by atoms with E-state index in [1.54, 1.807) is 18.2 Å². The predicted molar refractivity (Wildman–Crippen MR) is 104 cm³/mol. The Morgan fingerprint density at radius 3 is 2.29 bits per heavy atom. The molecule has 2 aromatic carbocycles. The first kappa shape index (κ1) is 18.9. The number of fused-ring (bicyclic) bond motifs is 1. The van der Waals surface area contributed by atoms with Gasteiger partial charge in [-0.2, -0.15) is 4.31 Å². The van der Waals surface area contributed by atoms with Crippen LogP contribution in [0, 0.1) is 11.8 Å². The molecule has 0 spiro atoms. The lowest BCUT2D eigenvalue weighted by Crippen LogP contribution is -2.50. The summed E-state index contributed by atoms with van der Waals surface area (Å²) in [4.78, 5) is 24.3. The zero-order valence-corrected chi connectivity index (χ0v) is 16.2. The van der Waals surface area contributed by atoms with Gasteiger partial charge in [-0.25, -0.2) is 8.42 Å². The largest absolute Gasteiger partial charge is 0.273 e. The maximum absolute atomic E-state index is 13.1. The number of piperidine rings is 1. The molecule has 2 amide bonds. The highest BCUT2D eigenvalue weighted by atomic mass is 32.2. The maximum atomic E-state index is 13.1. The zero-order valence-electron chi connectivity index (χ0n) is 15.4. The molecule has 0 unspecified atom stereocenters. The summed E-state index contributed by atoms with van der Waals surface area (Å²) in [5, 5.41) is 1.83. The number of nitrogens with zero attached hydrogens (tertiary/aromatic N) is 1. The molecule has 1 heterocycles. The third-order valence-electron chi connectivity index (χ3n) is 5.37. The van der Waals surface area contributed by atoms with Crippen LogP contribution in [-0.2, 0) is 19.6 Å². The molecule has 2 fully saturated rings. The Hall–Kier alpha value is -2.45. The Morgan fingerprint density at radius 2 is 1.57 bits per heavy atom. The minimum Gasteiger partial charge on any atom is -0.273 e. The fourth-order valence-electron chi connectivity index (χ4n) is 3.52. The van der Waals surface area contributed by atoms with Gasteiger partial charge in [-0.15, -0.1) is 0 Å². The SMILES string of the molecule is O=C(NNC(=O)[C@H]1CCCN(S(=O)(=O)c2ccc3ccccc3c2)C1)C1CC1. The normalized spacial score (nSPS) is 20.6. The first-order valence-corrected chi connectivity index (χ1v) is 11.0. The maximum Gasteiger partial charge on any atom is 0.243 e. The number of hydrogen-bond acceptors (Lipinski definition) is 4. The molecule has 0 bridgehead atoms. The number of hydrazine groups is 1. The van der Waals surface area contributed by atoms with Crippen molar-refractivity contribution in [3.05, 3.63) is 42.5 Å². The van der Waals surface area contributed by atoms with Gasteiger partial charge in [0.2, 0.25) is 21.8 Å². The van der Waals surface area contributed by atoms with Crippen molar-refractivity contribution in [1.29, 1.82) is 0 Å². The monoisotopic (exact) mass is 401 g/mol. The first-order chi connectivity index (χ1) is 13.4. The molecular formula is C20H23N3O4S. The second-order valence-corrected chi connectivity index (χ2v) is 9.40. The van der Waals surface area contributed by atoms with Gasteiger partial charge in [-0.1, -0.05) is 30.3 Å². The molecule has 148 valence electrons. The van der Waals surface area contributed by atoms with Crippen LogP contribution >= 0.6 is 0 Å². The van der Waals surface area contributed by atoms with E-state index in [0.29, 0.717) is 19.4 Å². The van der Waals surface area contributed by atoms with Gasteiger partial charge in [0.05, 0.1) is 10.8 Å². The van der Waals surface area contributed by atoms with Crippen LogP contribution < -0.4 is 10.9 Å². The summed E-state index contributed by atoms with van der Waals surface area (Å²) < 4.78 is 27.5. The Morgan fingerprint density at radius 1 is 0.893 bits per heavy atom. The van der Waals surface area contributed by atoms with Crippen molar-refractivity contribution >= 4 is 32.6 Å². The number of hydrogen-bond donors (Lipinski definition) is 2.